The zero-order valence-corrected chi connectivity index (χ0v) is 10.5. The van der Waals surface area contributed by atoms with Crippen LogP contribution in [0.1, 0.15) is 18.9 Å². The maximum Gasteiger partial charge on any atom is 0.326 e. The number of carbonyl (C=O) groups is 2. The van der Waals surface area contributed by atoms with E-state index in [0.29, 0.717) is 13.0 Å². The number of carbonyl (C=O) groups excluding carboxylic acids is 1. The highest BCUT2D eigenvalue weighted by Crippen LogP contribution is 2.03. The number of likely N-dealkylation sites (N-methyl/N-ethyl adjacent to an activating group) is 1. The van der Waals surface area contributed by atoms with E-state index in [4.69, 9.17) is 5.11 Å². The molecule has 0 aliphatic carbocycles. The fraction of sp³-hybridized carbons (Fsp3) is 0.417. The van der Waals surface area contributed by atoms with Gasteiger partial charge >= 0.3 is 12.0 Å². The predicted molar refractivity (Wildman–Crippen MR) is 66.0 cm³/mol. The van der Waals surface area contributed by atoms with Crippen molar-refractivity contribution in [2.75, 3.05) is 7.05 Å². The van der Waals surface area contributed by atoms with E-state index in [2.05, 4.69) is 10.3 Å². The van der Waals surface area contributed by atoms with Crippen molar-refractivity contribution in [3.8, 4) is 0 Å². The molecule has 1 aromatic rings. The van der Waals surface area contributed by atoms with Gasteiger partial charge in [-0.1, -0.05) is 6.92 Å². The SMILES string of the molecule is CCC(C(=O)O)N(C)C(=O)NCc1ccncc1. The Bertz CT molecular complexity index is 408. The van der Waals surface area contributed by atoms with Crippen molar-refractivity contribution in [3.63, 3.8) is 0 Å². The monoisotopic (exact) mass is 251 g/mol. The van der Waals surface area contributed by atoms with E-state index >= 15 is 0 Å². The Labute approximate surface area is 106 Å². The highest BCUT2D eigenvalue weighted by atomic mass is 16.4. The van der Waals surface area contributed by atoms with Crippen LogP contribution in [0.2, 0.25) is 0 Å². The topological polar surface area (TPSA) is 82.5 Å². The van der Waals surface area contributed by atoms with E-state index in [-0.39, 0.29) is 0 Å². The lowest BCUT2D eigenvalue weighted by Crippen LogP contribution is -2.46. The molecule has 0 aliphatic rings. The molecule has 0 aromatic carbocycles. The fourth-order valence-electron chi connectivity index (χ4n) is 1.56. The molecule has 98 valence electrons. The Morgan fingerprint density at radius 3 is 2.56 bits per heavy atom. The van der Waals surface area contributed by atoms with Crippen molar-refractivity contribution >= 4 is 12.0 Å². The maximum absolute atomic E-state index is 11.8. The number of carboxylic acids is 1. The summed E-state index contributed by atoms with van der Waals surface area (Å²) in [6.45, 7) is 2.08. The van der Waals surface area contributed by atoms with E-state index in [9.17, 15) is 9.59 Å². The maximum atomic E-state index is 11.8. The number of carboxylic acid groups (broad SMARTS) is 1. The van der Waals surface area contributed by atoms with Gasteiger partial charge in [0.1, 0.15) is 6.04 Å². The number of amides is 2. The van der Waals surface area contributed by atoms with Gasteiger partial charge in [0.15, 0.2) is 0 Å². The molecule has 0 spiro atoms. The summed E-state index contributed by atoms with van der Waals surface area (Å²) in [7, 11) is 1.48. The third-order valence-corrected chi connectivity index (χ3v) is 2.65. The Morgan fingerprint density at radius 1 is 1.44 bits per heavy atom. The smallest absolute Gasteiger partial charge is 0.326 e. The minimum Gasteiger partial charge on any atom is -0.480 e. The molecule has 0 radical (unpaired) electrons. The second kappa shape index (κ2) is 6.58. The van der Waals surface area contributed by atoms with Crippen molar-refractivity contribution in [2.45, 2.75) is 25.9 Å². The Hall–Kier alpha value is -2.11. The first kappa shape index (κ1) is 14.0. The van der Waals surface area contributed by atoms with Crippen molar-refractivity contribution < 1.29 is 14.7 Å². The molecule has 1 rings (SSSR count). The second-order valence-corrected chi connectivity index (χ2v) is 3.89. The quantitative estimate of drug-likeness (QED) is 0.820. The van der Waals surface area contributed by atoms with Crippen LogP contribution in [0.3, 0.4) is 0 Å². The van der Waals surface area contributed by atoms with Crippen LogP contribution in [0.4, 0.5) is 4.79 Å². The minimum absolute atomic E-state index is 0.349. The van der Waals surface area contributed by atoms with Crippen LogP contribution in [-0.2, 0) is 11.3 Å². The molecule has 0 saturated carbocycles. The molecule has 1 aromatic heterocycles. The highest BCUT2D eigenvalue weighted by Gasteiger charge is 2.24. The number of aliphatic carboxylic acids is 1. The number of hydrogen-bond acceptors (Lipinski definition) is 3. The van der Waals surface area contributed by atoms with Gasteiger partial charge in [0, 0.05) is 26.0 Å². The normalized spacial score (nSPS) is 11.7. The summed E-state index contributed by atoms with van der Waals surface area (Å²) in [5, 5.41) is 11.6. The van der Waals surface area contributed by atoms with Crippen LogP contribution in [0.15, 0.2) is 24.5 Å². The lowest BCUT2D eigenvalue weighted by atomic mass is 10.2. The third kappa shape index (κ3) is 3.73. The predicted octanol–water partition coefficient (Wildman–Crippen LogP) is 1.09. The van der Waals surface area contributed by atoms with Gasteiger partial charge in [0.05, 0.1) is 0 Å². The number of rotatable bonds is 5. The van der Waals surface area contributed by atoms with Crippen molar-refractivity contribution in [1.29, 1.82) is 0 Å². The van der Waals surface area contributed by atoms with E-state index < -0.39 is 18.0 Å². The standard InChI is InChI=1S/C12H17N3O3/c1-3-10(11(16)17)15(2)12(18)14-8-9-4-6-13-7-5-9/h4-7,10H,3,8H2,1-2H3,(H,14,18)(H,16,17). The zero-order chi connectivity index (χ0) is 13.5. The molecule has 0 bridgehead atoms. The van der Waals surface area contributed by atoms with Gasteiger partial charge in [-0.15, -0.1) is 0 Å². The summed E-state index contributed by atoms with van der Waals surface area (Å²) < 4.78 is 0. The van der Waals surface area contributed by atoms with Gasteiger partial charge < -0.3 is 15.3 Å². The van der Waals surface area contributed by atoms with Crippen LogP contribution in [0.5, 0.6) is 0 Å². The lowest BCUT2D eigenvalue weighted by Gasteiger charge is -2.23. The molecular formula is C12H17N3O3. The molecule has 1 atom stereocenters. The van der Waals surface area contributed by atoms with Gasteiger partial charge in [0.2, 0.25) is 0 Å². The van der Waals surface area contributed by atoms with Crippen molar-refractivity contribution in [3.05, 3.63) is 30.1 Å². The molecule has 0 saturated heterocycles. The summed E-state index contributed by atoms with van der Waals surface area (Å²) in [6.07, 6.45) is 3.64. The van der Waals surface area contributed by atoms with Gasteiger partial charge in [-0.25, -0.2) is 9.59 Å². The number of hydrogen-bond donors (Lipinski definition) is 2. The summed E-state index contributed by atoms with van der Waals surface area (Å²) in [4.78, 5) is 27.7. The summed E-state index contributed by atoms with van der Waals surface area (Å²) >= 11 is 0. The Kier molecular flexibility index (Phi) is 5.10. The van der Waals surface area contributed by atoms with Crippen LogP contribution in [-0.4, -0.2) is 40.1 Å². The van der Waals surface area contributed by atoms with E-state index in [1.54, 1.807) is 31.5 Å². The fourth-order valence-corrected chi connectivity index (χ4v) is 1.56. The lowest BCUT2D eigenvalue weighted by molar-refractivity contribution is -0.141. The summed E-state index contributed by atoms with van der Waals surface area (Å²) in [5.41, 5.74) is 0.912. The molecule has 1 unspecified atom stereocenters. The minimum atomic E-state index is -1.00. The first-order valence-electron chi connectivity index (χ1n) is 5.68. The number of aromatic nitrogens is 1. The summed E-state index contributed by atoms with van der Waals surface area (Å²) in [5.74, 6) is -1.00. The van der Waals surface area contributed by atoms with Crippen LogP contribution in [0.25, 0.3) is 0 Å². The average Bonchev–Trinajstić information content (AvgIpc) is 2.37. The van der Waals surface area contributed by atoms with Gasteiger partial charge in [-0.05, 0) is 24.1 Å². The van der Waals surface area contributed by atoms with Gasteiger partial charge in [-0.2, -0.15) is 0 Å². The van der Waals surface area contributed by atoms with Crippen LogP contribution in [0, 0.1) is 0 Å². The van der Waals surface area contributed by atoms with E-state index in [1.807, 2.05) is 0 Å². The highest BCUT2D eigenvalue weighted by molar-refractivity contribution is 5.82. The van der Waals surface area contributed by atoms with Crippen LogP contribution < -0.4 is 5.32 Å². The average molecular weight is 251 g/mol. The number of pyridine rings is 1. The first-order chi connectivity index (χ1) is 8.56. The number of nitrogens with one attached hydrogen (secondary N) is 1. The first-order valence-corrected chi connectivity index (χ1v) is 5.68. The van der Waals surface area contributed by atoms with Crippen molar-refractivity contribution in [1.82, 2.24) is 15.2 Å². The van der Waals surface area contributed by atoms with Gasteiger partial charge in [0.25, 0.3) is 0 Å². The molecule has 18 heavy (non-hydrogen) atoms. The molecule has 6 nitrogen and oxygen atoms in total. The van der Waals surface area contributed by atoms with Crippen LogP contribution >= 0.6 is 0 Å². The van der Waals surface area contributed by atoms with Crippen molar-refractivity contribution in [2.24, 2.45) is 0 Å². The summed E-state index contributed by atoms with van der Waals surface area (Å²) in [6, 6.07) is 2.37. The molecule has 1 heterocycles. The Balaban J connectivity index is 2.52. The van der Waals surface area contributed by atoms with E-state index in [0.717, 1.165) is 5.56 Å². The molecular weight excluding hydrogens is 234 g/mol. The van der Waals surface area contributed by atoms with E-state index in [1.165, 1.54) is 11.9 Å². The third-order valence-electron chi connectivity index (χ3n) is 2.65. The molecule has 0 aliphatic heterocycles. The Morgan fingerprint density at radius 2 is 2.06 bits per heavy atom. The second-order valence-electron chi connectivity index (χ2n) is 3.89. The number of nitrogens with zero attached hydrogens (tertiary/aromatic N) is 2. The molecule has 2 amide bonds. The molecule has 6 heteroatoms. The number of urea groups is 1. The largest absolute Gasteiger partial charge is 0.480 e. The molecule has 0 fully saturated rings. The zero-order valence-electron chi connectivity index (χ0n) is 10.5. The van der Waals surface area contributed by atoms with Gasteiger partial charge in [-0.3, -0.25) is 4.98 Å². The molecule has 2 N–H and O–H groups in total.